The minimum atomic E-state index is -3.96. The predicted molar refractivity (Wildman–Crippen MR) is 130 cm³/mol. The fraction of sp³-hybridized carbons (Fsp3) is 0.0909. The zero-order valence-electron chi connectivity index (χ0n) is 16.5. The average Bonchev–Trinajstić information content (AvgIpc) is 2.77. The Morgan fingerprint density at radius 1 is 0.935 bits per heavy atom. The van der Waals surface area contributed by atoms with Gasteiger partial charge in [-0.3, -0.25) is 9.10 Å². The standard InChI is InChI=1S/C22H19Br2N3O3S/c1-16(17-6-5-7-19(24)14-17)25-26-22(28)15-27(20-12-10-18(23)11-13-20)31(29,30)21-8-3-2-4-9-21/h2-14H,15H2,1H3,(H,26,28)/b25-16-. The van der Waals surface area contributed by atoms with Crippen LogP contribution in [0.4, 0.5) is 5.69 Å². The first kappa shape index (κ1) is 23.2. The minimum Gasteiger partial charge on any atom is -0.271 e. The summed E-state index contributed by atoms with van der Waals surface area (Å²) in [6.07, 6.45) is 0. The van der Waals surface area contributed by atoms with E-state index in [0.29, 0.717) is 11.4 Å². The lowest BCUT2D eigenvalue weighted by Gasteiger charge is -2.23. The topological polar surface area (TPSA) is 78.8 Å². The third kappa shape index (κ3) is 6.03. The average molecular weight is 565 g/mol. The summed E-state index contributed by atoms with van der Waals surface area (Å²) >= 11 is 6.74. The Morgan fingerprint density at radius 2 is 1.61 bits per heavy atom. The van der Waals surface area contributed by atoms with E-state index in [-0.39, 0.29) is 4.90 Å². The Hall–Kier alpha value is -2.49. The summed E-state index contributed by atoms with van der Waals surface area (Å²) in [6, 6.07) is 22.2. The number of hydrazone groups is 1. The molecule has 0 bridgehead atoms. The van der Waals surface area contributed by atoms with Crippen molar-refractivity contribution in [3.05, 3.63) is 93.4 Å². The predicted octanol–water partition coefficient (Wildman–Crippen LogP) is 4.95. The maximum absolute atomic E-state index is 13.2. The van der Waals surface area contributed by atoms with Crippen molar-refractivity contribution in [1.82, 2.24) is 5.43 Å². The van der Waals surface area contributed by atoms with Crippen molar-refractivity contribution in [1.29, 1.82) is 0 Å². The quantitative estimate of drug-likeness (QED) is 0.326. The second-order valence-electron chi connectivity index (χ2n) is 6.54. The van der Waals surface area contributed by atoms with Gasteiger partial charge in [0.1, 0.15) is 6.54 Å². The highest BCUT2D eigenvalue weighted by molar-refractivity contribution is 9.10. The first-order valence-electron chi connectivity index (χ1n) is 9.20. The molecule has 0 aromatic heterocycles. The van der Waals surface area contributed by atoms with Gasteiger partial charge in [0, 0.05) is 8.95 Å². The lowest BCUT2D eigenvalue weighted by Crippen LogP contribution is -2.39. The summed E-state index contributed by atoms with van der Waals surface area (Å²) in [7, 11) is -3.96. The number of halogens is 2. The Morgan fingerprint density at radius 3 is 2.26 bits per heavy atom. The van der Waals surface area contributed by atoms with Gasteiger partial charge in [0.15, 0.2) is 0 Å². The van der Waals surface area contributed by atoms with Crippen molar-refractivity contribution in [3.63, 3.8) is 0 Å². The maximum atomic E-state index is 13.2. The van der Waals surface area contributed by atoms with Crippen LogP contribution >= 0.6 is 31.9 Å². The summed E-state index contributed by atoms with van der Waals surface area (Å²) in [4.78, 5) is 12.7. The number of nitrogens with one attached hydrogen (secondary N) is 1. The van der Waals surface area contributed by atoms with E-state index < -0.39 is 22.5 Å². The van der Waals surface area contributed by atoms with Crippen molar-refractivity contribution in [2.45, 2.75) is 11.8 Å². The Bertz CT molecular complexity index is 1200. The Labute approximate surface area is 198 Å². The van der Waals surface area contributed by atoms with Gasteiger partial charge in [-0.2, -0.15) is 5.10 Å². The fourth-order valence-electron chi connectivity index (χ4n) is 2.73. The molecule has 31 heavy (non-hydrogen) atoms. The van der Waals surface area contributed by atoms with Gasteiger partial charge in [0.25, 0.3) is 15.9 Å². The molecule has 0 saturated carbocycles. The zero-order valence-corrected chi connectivity index (χ0v) is 20.5. The molecule has 160 valence electrons. The highest BCUT2D eigenvalue weighted by Crippen LogP contribution is 2.25. The summed E-state index contributed by atoms with van der Waals surface area (Å²) in [5.74, 6) is -0.559. The van der Waals surface area contributed by atoms with E-state index in [2.05, 4.69) is 42.4 Å². The van der Waals surface area contributed by atoms with E-state index in [1.54, 1.807) is 49.4 Å². The largest absolute Gasteiger partial charge is 0.271 e. The van der Waals surface area contributed by atoms with Crippen LogP contribution in [0.3, 0.4) is 0 Å². The molecule has 0 atom stereocenters. The molecule has 0 saturated heterocycles. The molecule has 1 amide bonds. The van der Waals surface area contributed by atoms with Crippen LogP contribution in [0.25, 0.3) is 0 Å². The van der Waals surface area contributed by atoms with Crippen LogP contribution in [0.15, 0.2) is 97.8 Å². The smallest absolute Gasteiger partial charge is 0.264 e. The van der Waals surface area contributed by atoms with E-state index in [1.807, 2.05) is 24.3 Å². The van der Waals surface area contributed by atoms with Crippen LogP contribution in [0.2, 0.25) is 0 Å². The highest BCUT2D eigenvalue weighted by atomic mass is 79.9. The molecule has 0 aliphatic heterocycles. The van der Waals surface area contributed by atoms with Crippen LogP contribution in [0.1, 0.15) is 12.5 Å². The third-order valence-electron chi connectivity index (χ3n) is 4.32. The lowest BCUT2D eigenvalue weighted by atomic mass is 10.1. The van der Waals surface area contributed by atoms with Gasteiger partial charge in [-0.1, -0.05) is 62.2 Å². The molecule has 0 fully saturated rings. The van der Waals surface area contributed by atoms with Crippen molar-refractivity contribution >= 4 is 59.2 Å². The lowest BCUT2D eigenvalue weighted by molar-refractivity contribution is -0.119. The second kappa shape index (κ2) is 10.2. The first-order valence-corrected chi connectivity index (χ1v) is 12.2. The molecule has 0 heterocycles. The van der Waals surface area contributed by atoms with Gasteiger partial charge in [0.05, 0.1) is 16.3 Å². The number of carbonyl (C=O) groups is 1. The first-order chi connectivity index (χ1) is 14.8. The molecule has 9 heteroatoms. The molecule has 0 aliphatic carbocycles. The van der Waals surface area contributed by atoms with E-state index in [4.69, 9.17) is 0 Å². The molecule has 3 aromatic carbocycles. The molecular weight excluding hydrogens is 546 g/mol. The van der Waals surface area contributed by atoms with Crippen molar-refractivity contribution in [3.8, 4) is 0 Å². The van der Waals surface area contributed by atoms with Crippen LogP contribution < -0.4 is 9.73 Å². The number of hydrogen-bond donors (Lipinski definition) is 1. The normalized spacial score (nSPS) is 11.8. The molecule has 6 nitrogen and oxygen atoms in total. The minimum absolute atomic E-state index is 0.0968. The van der Waals surface area contributed by atoms with E-state index in [9.17, 15) is 13.2 Å². The SMILES string of the molecule is C/C(=N/NC(=O)CN(c1ccc(Br)cc1)S(=O)(=O)c1ccccc1)c1cccc(Br)c1. The van der Waals surface area contributed by atoms with Gasteiger partial charge < -0.3 is 0 Å². The summed E-state index contributed by atoms with van der Waals surface area (Å²) < 4.78 is 29.2. The molecule has 0 aliphatic rings. The number of anilines is 1. The molecular formula is C22H19Br2N3O3S. The molecule has 0 radical (unpaired) electrons. The van der Waals surface area contributed by atoms with Gasteiger partial charge >= 0.3 is 0 Å². The number of nitrogens with zero attached hydrogens (tertiary/aromatic N) is 2. The van der Waals surface area contributed by atoms with Crippen LogP contribution in [0, 0.1) is 0 Å². The second-order valence-corrected chi connectivity index (χ2v) is 10.2. The number of sulfonamides is 1. The summed E-state index contributed by atoms with van der Waals surface area (Å²) in [5.41, 5.74) is 4.25. The molecule has 3 aromatic rings. The molecule has 0 spiro atoms. The zero-order chi connectivity index (χ0) is 22.4. The Balaban J connectivity index is 1.85. The Kier molecular flexibility index (Phi) is 7.64. The van der Waals surface area contributed by atoms with Gasteiger partial charge in [-0.15, -0.1) is 0 Å². The number of carbonyl (C=O) groups excluding carboxylic acids is 1. The van der Waals surface area contributed by atoms with Crippen molar-refractivity contribution < 1.29 is 13.2 Å². The van der Waals surface area contributed by atoms with Gasteiger partial charge in [0.2, 0.25) is 0 Å². The van der Waals surface area contributed by atoms with Crippen molar-refractivity contribution in [2.75, 3.05) is 10.8 Å². The number of benzene rings is 3. The summed E-state index contributed by atoms with van der Waals surface area (Å²) in [5, 5.41) is 4.12. The van der Waals surface area contributed by atoms with E-state index in [0.717, 1.165) is 18.8 Å². The van der Waals surface area contributed by atoms with Crippen LogP contribution in [0.5, 0.6) is 0 Å². The monoisotopic (exact) mass is 563 g/mol. The third-order valence-corrected chi connectivity index (χ3v) is 7.13. The molecule has 0 unspecified atom stereocenters. The molecule has 3 rings (SSSR count). The van der Waals surface area contributed by atoms with E-state index >= 15 is 0 Å². The van der Waals surface area contributed by atoms with Gasteiger partial charge in [-0.05, 0) is 61.0 Å². The number of hydrogen-bond acceptors (Lipinski definition) is 4. The van der Waals surface area contributed by atoms with Gasteiger partial charge in [-0.25, -0.2) is 13.8 Å². The fourth-order valence-corrected chi connectivity index (χ4v) is 4.84. The van der Waals surface area contributed by atoms with Crippen molar-refractivity contribution in [2.24, 2.45) is 5.10 Å². The van der Waals surface area contributed by atoms with Crippen LogP contribution in [-0.2, 0) is 14.8 Å². The number of rotatable bonds is 7. The highest BCUT2D eigenvalue weighted by Gasteiger charge is 2.27. The summed E-state index contributed by atoms with van der Waals surface area (Å²) in [6.45, 7) is 1.34. The molecule has 1 N–H and O–H groups in total. The van der Waals surface area contributed by atoms with Crippen LogP contribution in [-0.4, -0.2) is 26.6 Å². The maximum Gasteiger partial charge on any atom is 0.264 e. The number of amides is 1. The van der Waals surface area contributed by atoms with E-state index in [1.165, 1.54) is 12.1 Å².